The van der Waals surface area contributed by atoms with Crippen LogP contribution in [0.4, 0.5) is 0 Å². The first kappa shape index (κ1) is 22.5. The summed E-state index contributed by atoms with van der Waals surface area (Å²) < 4.78 is 0. The zero-order valence-corrected chi connectivity index (χ0v) is 18.3. The van der Waals surface area contributed by atoms with Crippen LogP contribution >= 0.6 is 0 Å². The van der Waals surface area contributed by atoms with E-state index in [2.05, 4.69) is 4.98 Å². The van der Waals surface area contributed by atoms with Crippen molar-refractivity contribution >= 4 is 34.7 Å². The minimum atomic E-state index is -0.638. The average molecular weight is 446 g/mol. The SMILES string of the molecule is O=C(C=Cc1ccc(C(=O)N(CCc2c[nH]c3ccccc23)C(=O)C2CCCC2)cc1)NO. The summed E-state index contributed by atoms with van der Waals surface area (Å²) >= 11 is 0. The third-order valence-electron chi connectivity index (χ3n) is 6.19. The number of carbonyl (C=O) groups excluding carboxylic acids is 3. The molecule has 1 fully saturated rings. The second-order valence-corrected chi connectivity index (χ2v) is 8.32. The molecule has 0 bridgehead atoms. The Morgan fingerprint density at radius 1 is 1.06 bits per heavy atom. The molecule has 0 atom stereocenters. The number of rotatable bonds is 7. The molecule has 170 valence electrons. The second kappa shape index (κ2) is 10.3. The van der Waals surface area contributed by atoms with Gasteiger partial charge in [0, 0.05) is 41.2 Å². The van der Waals surface area contributed by atoms with Crippen LogP contribution in [0.2, 0.25) is 0 Å². The molecule has 1 saturated carbocycles. The molecule has 1 aromatic heterocycles. The van der Waals surface area contributed by atoms with Gasteiger partial charge in [-0.05, 0) is 54.7 Å². The highest BCUT2D eigenvalue weighted by molar-refractivity contribution is 6.05. The molecule has 0 radical (unpaired) electrons. The van der Waals surface area contributed by atoms with E-state index >= 15 is 0 Å². The fourth-order valence-electron chi connectivity index (χ4n) is 4.38. The van der Waals surface area contributed by atoms with E-state index in [1.54, 1.807) is 24.3 Å². The van der Waals surface area contributed by atoms with Crippen molar-refractivity contribution < 1.29 is 19.6 Å². The van der Waals surface area contributed by atoms with E-state index in [-0.39, 0.29) is 17.7 Å². The number of imide groups is 1. The summed E-state index contributed by atoms with van der Waals surface area (Å²) in [6.07, 6.45) is 8.92. The van der Waals surface area contributed by atoms with Gasteiger partial charge in [0.15, 0.2) is 0 Å². The van der Waals surface area contributed by atoms with Crippen LogP contribution in [0, 0.1) is 5.92 Å². The number of aromatic nitrogens is 1. The number of para-hydroxylation sites is 1. The number of hydrogen-bond donors (Lipinski definition) is 3. The number of fused-ring (bicyclic) bond motifs is 1. The molecule has 1 aliphatic carbocycles. The van der Waals surface area contributed by atoms with E-state index in [9.17, 15) is 14.4 Å². The minimum absolute atomic E-state index is 0.0964. The molecule has 3 amide bonds. The standard InChI is InChI=1S/C26H27N3O4/c30-24(28-33)14-11-18-9-12-20(13-10-18)26(32)29(25(31)19-5-1-2-6-19)16-15-21-17-27-23-8-4-3-7-22(21)23/h3-4,7-14,17,19,27,33H,1-2,5-6,15-16H2,(H,28,30). The van der Waals surface area contributed by atoms with Crippen molar-refractivity contribution in [3.8, 4) is 0 Å². The van der Waals surface area contributed by atoms with Gasteiger partial charge in [-0.15, -0.1) is 0 Å². The molecule has 2 aromatic carbocycles. The van der Waals surface area contributed by atoms with Gasteiger partial charge in [0.1, 0.15) is 0 Å². The fraction of sp³-hybridized carbons (Fsp3) is 0.269. The summed E-state index contributed by atoms with van der Waals surface area (Å²) in [5.41, 5.74) is 4.75. The predicted molar refractivity (Wildman–Crippen MR) is 125 cm³/mol. The Labute approximate surface area is 192 Å². The number of hydroxylamine groups is 1. The molecule has 3 N–H and O–H groups in total. The molecule has 1 aliphatic rings. The number of amides is 3. The van der Waals surface area contributed by atoms with Crippen LogP contribution in [0.25, 0.3) is 17.0 Å². The third-order valence-corrected chi connectivity index (χ3v) is 6.19. The molecule has 7 nitrogen and oxygen atoms in total. The molecule has 7 heteroatoms. The Morgan fingerprint density at radius 3 is 2.52 bits per heavy atom. The lowest BCUT2D eigenvalue weighted by Crippen LogP contribution is -2.41. The van der Waals surface area contributed by atoms with Crippen molar-refractivity contribution in [1.82, 2.24) is 15.4 Å². The first-order valence-electron chi connectivity index (χ1n) is 11.2. The van der Waals surface area contributed by atoms with Gasteiger partial charge < -0.3 is 4.98 Å². The number of aromatic amines is 1. The second-order valence-electron chi connectivity index (χ2n) is 8.32. The molecule has 1 heterocycles. The van der Waals surface area contributed by atoms with Crippen LogP contribution in [-0.2, 0) is 16.0 Å². The van der Waals surface area contributed by atoms with Gasteiger partial charge >= 0.3 is 0 Å². The first-order valence-corrected chi connectivity index (χ1v) is 11.2. The normalized spacial score (nSPS) is 14.1. The van der Waals surface area contributed by atoms with E-state index in [1.165, 1.54) is 22.5 Å². The monoisotopic (exact) mass is 445 g/mol. The molecule has 4 rings (SSSR count). The summed E-state index contributed by atoms with van der Waals surface area (Å²) in [5.74, 6) is -1.15. The molecule has 0 saturated heterocycles. The van der Waals surface area contributed by atoms with Gasteiger partial charge in [0.05, 0.1) is 0 Å². The maximum Gasteiger partial charge on any atom is 0.267 e. The van der Waals surface area contributed by atoms with E-state index < -0.39 is 5.91 Å². The van der Waals surface area contributed by atoms with Gasteiger partial charge in [-0.3, -0.25) is 24.5 Å². The van der Waals surface area contributed by atoms with Crippen LogP contribution in [0.15, 0.2) is 60.8 Å². The molecule has 0 aliphatic heterocycles. The lowest BCUT2D eigenvalue weighted by atomic mass is 10.0. The van der Waals surface area contributed by atoms with E-state index in [1.807, 2.05) is 30.5 Å². The quantitative estimate of drug-likeness (QED) is 0.221. The molecular formula is C26H27N3O4. The number of benzene rings is 2. The lowest BCUT2D eigenvalue weighted by Gasteiger charge is -2.24. The van der Waals surface area contributed by atoms with Gasteiger partial charge in [0.25, 0.3) is 11.8 Å². The van der Waals surface area contributed by atoms with Gasteiger partial charge in [-0.25, -0.2) is 5.48 Å². The van der Waals surface area contributed by atoms with Crippen LogP contribution in [0.3, 0.4) is 0 Å². The Bertz CT molecular complexity index is 1170. The lowest BCUT2D eigenvalue weighted by molar-refractivity contribution is -0.132. The summed E-state index contributed by atoms with van der Waals surface area (Å²) in [4.78, 5) is 42.5. The summed E-state index contributed by atoms with van der Waals surface area (Å²) in [6.45, 7) is 0.314. The van der Waals surface area contributed by atoms with Gasteiger partial charge in [-0.2, -0.15) is 0 Å². The average Bonchev–Trinajstić information content (AvgIpc) is 3.53. The summed E-state index contributed by atoms with van der Waals surface area (Å²) in [7, 11) is 0. The highest BCUT2D eigenvalue weighted by atomic mass is 16.5. The molecule has 0 spiro atoms. The van der Waals surface area contributed by atoms with Crippen LogP contribution in [-0.4, -0.2) is 39.4 Å². The number of nitrogens with one attached hydrogen (secondary N) is 2. The van der Waals surface area contributed by atoms with Crippen molar-refractivity contribution in [3.05, 3.63) is 77.5 Å². The molecule has 3 aromatic rings. The minimum Gasteiger partial charge on any atom is -0.361 e. The smallest absolute Gasteiger partial charge is 0.267 e. The zero-order chi connectivity index (χ0) is 23.2. The van der Waals surface area contributed by atoms with Gasteiger partial charge in [0.2, 0.25) is 5.91 Å². The largest absolute Gasteiger partial charge is 0.361 e. The number of H-pyrrole nitrogens is 1. The van der Waals surface area contributed by atoms with E-state index in [4.69, 9.17) is 5.21 Å². The number of nitrogens with zero attached hydrogens (tertiary/aromatic N) is 1. The predicted octanol–water partition coefficient (Wildman–Crippen LogP) is 4.09. The van der Waals surface area contributed by atoms with Crippen molar-refractivity contribution in [1.29, 1.82) is 0 Å². The third kappa shape index (κ3) is 5.21. The maximum atomic E-state index is 13.4. The summed E-state index contributed by atoms with van der Waals surface area (Å²) in [5, 5.41) is 9.67. The van der Waals surface area contributed by atoms with Crippen molar-refractivity contribution in [3.63, 3.8) is 0 Å². The number of hydrogen-bond acceptors (Lipinski definition) is 4. The molecule has 0 unspecified atom stereocenters. The van der Waals surface area contributed by atoms with Crippen LogP contribution in [0.5, 0.6) is 0 Å². The van der Waals surface area contributed by atoms with Crippen LogP contribution in [0.1, 0.15) is 47.2 Å². The van der Waals surface area contributed by atoms with Crippen molar-refractivity contribution in [2.24, 2.45) is 5.92 Å². The highest BCUT2D eigenvalue weighted by Gasteiger charge is 2.31. The highest BCUT2D eigenvalue weighted by Crippen LogP contribution is 2.28. The van der Waals surface area contributed by atoms with E-state index in [0.29, 0.717) is 24.1 Å². The number of carbonyl (C=O) groups is 3. The topological polar surface area (TPSA) is 103 Å². The maximum absolute atomic E-state index is 13.4. The molecule has 33 heavy (non-hydrogen) atoms. The Balaban J connectivity index is 1.53. The van der Waals surface area contributed by atoms with Crippen molar-refractivity contribution in [2.45, 2.75) is 32.1 Å². The van der Waals surface area contributed by atoms with Gasteiger partial charge in [-0.1, -0.05) is 43.2 Å². The zero-order valence-electron chi connectivity index (χ0n) is 18.3. The Morgan fingerprint density at radius 2 is 1.79 bits per heavy atom. The fourth-order valence-corrected chi connectivity index (χ4v) is 4.38. The Kier molecular flexibility index (Phi) is 7.00. The first-order chi connectivity index (χ1) is 16.1. The van der Waals surface area contributed by atoms with Crippen LogP contribution < -0.4 is 5.48 Å². The Hall–Kier alpha value is -3.71. The molecular weight excluding hydrogens is 418 g/mol. The van der Waals surface area contributed by atoms with Crippen molar-refractivity contribution in [2.75, 3.05) is 6.54 Å². The van der Waals surface area contributed by atoms with E-state index in [0.717, 1.165) is 42.1 Å². The summed E-state index contributed by atoms with van der Waals surface area (Å²) in [6, 6.07) is 14.7.